The van der Waals surface area contributed by atoms with Crippen LogP contribution in [0, 0.1) is 10.1 Å². The second-order valence-electron chi connectivity index (χ2n) is 4.66. The lowest BCUT2D eigenvalue weighted by molar-refractivity contribution is -0.384. The van der Waals surface area contributed by atoms with E-state index < -0.39 is 4.92 Å². The van der Waals surface area contributed by atoms with E-state index in [-0.39, 0.29) is 23.4 Å². The first kappa shape index (κ1) is 14.3. The van der Waals surface area contributed by atoms with E-state index >= 15 is 0 Å². The molecule has 108 valence electrons. The minimum Gasteiger partial charge on any atom is -0.496 e. The quantitative estimate of drug-likeness (QED) is 0.635. The molecular formula is C13H17N3O4. The molecule has 1 aromatic carbocycles. The standard InChI is InChI=1S/C13H17N3O4/c1-20-12-7-10(16(18)19)4-5-11(12)13(17)15-9-3-2-6-14-8-9/h4-5,7,9,14H,2-3,6,8H2,1H3,(H,15,17)/t9-/m1/s1. The van der Waals surface area contributed by atoms with Crippen molar-refractivity contribution in [3.05, 3.63) is 33.9 Å². The molecule has 0 saturated carbocycles. The number of hydrogen-bond donors (Lipinski definition) is 2. The maximum atomic E-state index is 12.2. The molecule has 1 atom stereocenters. The van der Waals surface area contributed by atoms with Crippen LogP contribution in [0.2, 0.25) is 0 Å². The highest BCUT2D eigenvalue weighted by molar-refractivity contribution is 5.97. The van der Waals surface area contributed by atoms with Gasteiger partial charge in [-0.3, -0.25) is 14.9 Å². The van der Waals surface area contributed by atoms with Crippen LogP contribution in [0.4, 0.5) is 5.69 Å². The number of carbonyl (C=O) groups is 1. The number of ether oxygens (including phenoxy) is 1. The minimum atomic E-state index is -0.519. The fraction of sp³-hybridized carbons (Fsp3) is 0.462. The lowest BCUT2D eigenvalue weighted by Gasteiger charge is -2.24. The molecule has 0 aromatic heterocycles. The number of amides is 1. The first-order chi connectivity index (χ1) is 9.61. The molecule has 1 amide bonds. The Labute approximate surface area is 116 Å². The number of carbonyl (C=O) groups excluding carboxylic acids is 1. The number of nitro groups is 1. The van der Waals surface area contributed by atoms with Crippen LogP contribution in [0.15, 0.2) is 18.2 Å². The van der Waals surface area contributed by atoms with E-state index in [1.165, 1.54) is 25.3 Å². The number of hydrogen-bond acceptors (Lipinski definition) is 5. The monoisotopic (exact) mass is 279 g/mol. The lowest BCUT2D eigenvalue weighted by atomic mass is 10.1. The van der Waals surface area contributed by atoms with Gasteiger partial charge >= 0.3 is 0 Å². The molecule has 0 unspecified atom stereocenters. The van der Waals surface area contributed by atoms with Crippen molar-refractivity contribution in [2.75, 3.05) is 20.2 Å². The third-order valence-corrected chi connectivity index (χ3v) is 3.27. The molecule has 2 rings (SSSR count). The van der Waals surface area contributed by atoms with Crippen molar-refractivity contribution in [1.29, 1.82) is 0 Å². The molecule has 0 aliphatic carbocycles. The van der Waals surface area contributed by atoms with E-state index in [1.54, 1.807) is 0 Å². The zero-order valence-electron chi connectivity index (χ0n) is 11.2. The van der Waals surface area contributed by atoms with Gasteiger partial charge in [0.1, 0.15) is 5.75 Å². The molecule has 1 aliphatic rings. The number of nitrogens with zero attached hydrogens (tertiary/aromatic N) is 1. The zero-order chi connectivity index (χ0) is 14.5. The highest BCUT2D eigenvalue weighted by Crippen LogP contribution is 2.24. The molecule has 0 radical (unpaired) electrons. The summed E-state index contributed by atoms with van der Waals surface area (Å²) in [5.74, 6) is -0.0640. The SMILES string of the molecule is COc1cc([N+](=O)[O-])ccc1C(=O)N[C@@H]1CCCNC1. The second kappa shape index (κ2) is 6.33. The van der Waals surface area contributed by atoms with Crippen LogP contribution in [-0.2, 0) is 0 Å². The molecule has 20 heavy (non-hydrogen) atoms. The summed E-state index contributed by atoms with van der Waals surface area (Å²) in [5.41, 5.74) is 0.210. The maximum absolute atomic E-state index is 12.2. The number of nitro benzene ring substituents is 1. The molecule has 1 saturated heterocycles. The van der Waals surface area contributed by atoms with Gasteiger partial charge in [-0.2, -0.15) is 0 Å². The zero-order valence-corrected chi connectivity index (χ0v) is 11.2. The van der Waals surface area contributed by atoms with Gasteiger partial charge in [-0.05, 0) is 25.5 Å². The first-order valence-corrected chi connectivity index (χ1v) is 6.46. The second-order valence-corrected chi connectivity index (χ2v) is 4.66. The fourth-order valence-electron chi connectivity index (χ4n) is 2.22. The van der Waals surface area contributed by atoms with Crippen LogP contribution in [-0.4, -0.2) is 37.1 Å². The van der Waals surface area contributed by atoms with Crippen LogP contribution >= 0.6 is 0 Å². The normalized spacial score (nSPS) is 18.4. The van der Waals surface area contributed by atoms with Crippen LogP contribution in [0.1, 0.15) is 23.2 Å². The number of non-ortho nitro benzene ring substituents is 1. The molecule has 0 bridgehead atoms. The number of methoxy groups -OCH3 is 1. The summed E-state index contributed by atoms with van der Waals surface area (Å²) < 4.78 is 5.07. The van der Waals surface area contributed by atoms with Crippen molar-refractivity contribution in [2.24, 2.45) is 0 Å². The van der Waals surface area contributed by atoms with Crippen molar-refractivity contribution in [3.8, 4) is 5.75 Å². The summed E-state index contributed by atoms with van der Waals surface area (Å²) in [6.07, 6.45) is 1.94. The van der Waals surface area contributed by atoms with Crippen molar-refractivity contribution in [3.63, 3.8) is 0 Å². The Morgan fingerprint density at radius 1 is 1.55 bits per heavy atom. The van der Waals surface area contributed by atoms with E-state index in [9.17, 15) is 14.9 Å². The Balaban J connectivity index is 2.14. The van der Waals surface area contributed by atoms with E-state index in [2.05, 4.69) is 10.6 Å². The minimum absolute atomic E-state index is 0.0798. The van der Waals surface area contributed by atoms with E-state index in [4.69, 9.17) is 4.74 Å². The van der Waals surface area contributed by atoms with Gasteiger partial charge in [0.05, 0.1) is 23.7 Å². The summed E-state index contributed by atoms with van der Waals surface area (Å²) >= 11 is 0. The predicted molar refractivity (Wildman–Crippen MR) is 73.0 cm³/mol. The van der Waals surface area contributed by atoms with Crippen LogP contribution in [0.3, 0.4) is 0 Å². The summed E-state index contributed by atoms with van der Waals surface area (Å²) in [5, 5.41) is 16.8. The third kappa shape index (κ3) is 3.24. The Kier molecular flexibility index (Phi) is 4.52. The van der Waals surface area contributed by atoms with Gasteiger partial charge in [0.15, 0.2) is 0 Å². The third-order valence-electron chi connectivity index (χ3n) is 3.27. The lowest BCUT2D eigenvalue weighted by Crippen LogP contribution is -2.45. The van der Waals surface area contributed by atoms with Crippen LogP contribution in [0.5, 0.6) is 5.75 Å². The highest BCUT2D eigenvalue weighted by atomic mass is 16.6. The van der Waals surface area contributed by atoms with Crippen molar-refractivity contribution >= 4 is 11.6 Å². The predicted octanol–water partition coefficient (Wildman–Crippen LogP) is 1.09. The van der Waals surface area contributed by atoms with Crippen LogP contribution in [0.25, 0.3) is 0 Å². The number of benzene rings is 1. The van der Waals surface area contributed by atoms with Gasteiger partial charge in [0.25, 0.3) is 11.6 Å². The van der Waals surface area contributed by atoms with Gasteiger partial charge < -0.3 is 15.4 Å². The summed E-state index contributed by atoms with van der Waals surface area (Å²) in [6.45, 7) is 1.70. The molecule has 0 spiro atoms. The molecule has 1 heterocycles. The van der Waals surface area contributed by atoms with Gasteiger partial charge in [0, 0.05) is 18.7 Å². The molecular weight excluding hydrogens is 262 g/mol. The number of rotatable bonds is 4. The van der Waals surface area contributed by atoms with Gasteiger partial charge in [-0.1, -0.05) is 0 Å². The average molecular weight is 279 g/mol. The fourth-order valence-corrected chi connectivity index (χ4v) is 2.22. The Morgan fingerprint density at radius 3 is 2.95 bits per heavy atom. The molecule has 7 heteroatoms. The smallest absolute Gasteiger partial charge is 0.273 e. The average Bonchev–Trinajstić information content (AvgIpc) is 2.47. The Morgan fingerprint density at radius 2 is 2.35 bits per heavy atom. The summed E-state index contributed by atoms with van der Waals surface area (Å²) in [7, 11) is 1.39. The van der Waals surface area contributed by atoms with Gasteiger partial charge in [-0.15, -0.1) is 0 Å². The Bertz CT molecular complexity index is 512. The molecule has 1 fully saturated rings. The maximum Gasteiger partial charge on any atom is 0.273 e. The summed E-state index contributed by atoms with van der Waals surface area (Å²) in [4.78, 5) is 22.4. The molecule has 1 aliphatic heterocycles. The molecule has 7 nitrogen and oxygen atoms in total. The first-order valence-electron chi connectivity index (χ1n) is 6.46. The summed E-state index contributed by atoms with van der Waals surface area (Å²) in [6, 6.07) is 4.06. The Hall–Kier alpha value is -2.15. The number of nitrogens with one attached hydrogen (secondary N) is 2. The number of piperidine rings is 1. The van der Waals surface area contributed by atoms with E-state index in [1.807, 2.05) is 0 Å². The van der Waals surface area contributed by atoms with Gasteiger partial charge in [-0.25, -0.2) is 0 Å². The van der Waals surface area contributed by atoms with Crippen molar-refractivity contribution < 1.29 is 14.5 Å². The topological polar surface area (TPSA) is 93.5 Å². The van der Waals surface area contributed by atoms with Crippen molar-refractivity contribution in [2.45, 2.75) is 18.9 Å². The van der Waals surface area contributed by atoms with Gasteiger partial charge in [0.2, 0.25) is 0 Å². The molecule has 1 aromatic rings. The van der Waals surface area contributed by atoms with E-state index in [0.29, 0.717) is 5.56 Å². The van der Waals surface area contributed by atoms with Crippen LogP contribution < -0.4 is 15.4 Å². The highest BCUT2D eigenvalue weighted by Gasteiger charge is 2.20. The van der Waals surface area contributed by atoms with Crippen molar-refractivity contribution in [1.82, 2.24) is 10.6 Å². The van der Waals surface area contributed by atoms with E-state index in [0.717, 1.165) is 25.9 Å². The largest absolute Gasteiger partial charge is 0.496 e. The molecule has 2 N–H and O–H groups in total.